The standard InChI is InChI=1S/C12H14F2N2O2.ClH/c13-9-2-1-7(3-10(9)14)8-4-16(5-11(8)15)6-12(17)18;/h1-3,8,11H,4-6,15H2,(H,17,18);1H/t8-,11+;/m0./s1. The number of carboxylic acid groups (broad SMARTS) is 1. The minimum atomic E-state index is -0.923. The number of hydrogen-bond acceptors (Lipinski definition) is 3. The topological polar surface area (TPSA) is 66.6 Å². The highest BCUT2D eigenvalue weighted by molar-refractivity contribution is 5.85. The third-order valence-corrected chi connectivity index (χ3v) is 3.17. The number of aliphatic carboxylic acids is 1. The molecule has 1 aromatic carbocycles. The lowest BCUT2D eigenvalue weighted by molar-refractivity contribution is -0.138. The lowest BCUT2D eigenvalue weighted by atomic mass is 9.95. The van der Waals surface area contributed by atoms with Crippen LogP contribution in [0.25, 0.3) is 0 Å². The molecule has 0 saturated carbocycles. The molecule has 0 aromatic heterocycles. The van der Waals surface area contributed by atoms with Gasteiger partial charge in [0.15, 0.2) is 11.6 Å². The summed E-state index contributed by atoms with van der Waals surface area (Å²) in [4.78, 5) is 12.3. The Labute approximate surface area is 115 Å². The molecule has 1 saturated heterocycles. The zero-order valence-electron chi connectivity index (χ0n) is 10.1. The van der Waals surface area contributed by atoms with Crippen molar-refractivity contribution in [3.63, 3.8) is 0 Å². The molecular weight excluding hydrogens is 278 g/mol. The van der Waals surface area contributed by atoms with Crippen molar-refractivity contribution in [2.45, 2.75) is 12.0 Å². The second-order valence-corrected chi connectivity index (χ2v) is 4.53. The van der Waals surface area contributed by atoms with Crippen molar-refractivity contribution in [3.05, 3.63) is 35.4 Å². The molecule has 0 aliphatic carbocycles. The number of rotatable bonds is 3. The normalized spacial score (nSPS) is 23.1. The first-order valence-corrected chi connectivity index (χ1v) is 5.62. The summed E-state index contributed by atoms with van der Waals surface area (Å²) in [5, 5.41) is 8.71. The Balaban J connectivity index is 0.00000180. The summed E-state index contributed by atoms with van der Waals surface area (Å²) in [5.41, 5.74) is 6.52. The van der Waals surface area contributed by atoms with E-state index in [9.17, 15) is 13.6 Å². The van der Waals surface area contributed by atoms with Gasteiger partial charge in [-0.2, -0.15) is 0 Å². The van der Waals surface area contributed by atoms with Crippen LogP contribution in [0.5, 0.6) is 0 Å². The van der Waals surface area contributed by atoms with E-state index in [-0.39, 0.29) is 30.9 Å². The molecule has 1 aromatic rings. The van der Waals surface area contributed by atoms with Crippen LogP contribution in [0.1, 0.15) is 11.5 Å². The van der Waals surface area contributed by atoms with Gasteiger partial charge in [0.05, 0.1) is 6.54 Å². The smallest absolute Gasteiger partial charge is 0.317 e. The number of carbonyl (C=O) groups is 1. The molecule has 4 nitrogen and oxygen atoms in total. The molecule has 1 aliphatic heterocycles. The van der Waals surface area contributed by atoms with Crippen molar-refractivity contribution in [1.82, 2.24) is 4.90 Å². The van der Waals surface area contributed by atoms with Crippen LogP contribution >= 0.6 is 12.4 Å². The van der Waals surface area contributed by atoms with Gasteiger partial charge in [-0.05, 0) is 17.7 Å². The summed E-state index contributed by atoms with van der Waals surface area (Å²) in [6.07, 6.45) is 0. The number of halogens is 3. The molecule has 3 N–H and O–H groups in total. The van der Waals surface area contributed by atoms with Crippen LogP contribution < -0.4 is 5.73 Å². The highest BCUT2D eigenvalue weighted by Crippen LogP contribution is 2.27. The zero-order valence-corrected chi connectivity index (χ0v) is 10.9. The van der Waals surface area contributed by atoms with Crippen molar-refractivity contribution < 1.29 is 18.7 Å². The van der Waals surface area contributed by atoms with Gasteiger partial charge < -0.3 is 10.8 Å². The molecule has 2 rings (SSSR count). The van der Waals surface area contributed by atoms with Crippen LogP contribution in [0.2, 0.25) is 0 Å². The van der Waals surface area contributed by atoms with E-state index in [4.69, 9.17) is 10.8 Å². The van der Waals surface area contributed by atoms with Gasteiger partial charge in [0.2, 0.25) is 0 Å². The minimum absolute atomic E-state index is 0. The maximum absolute atomic E-state index is 13.1. The van der Waals surface area contributed by atoms with Gasteiger partial charge in [0.1, 0.15) is 0 Å². The maximum atomic E-state index is 13.1. The van der Waals surface area contributed by atoms with Gasteiger partial charge in [-0.3, -0.25) is 9.69 Å². The predicted octanol–water partition coefficient (Wildman–Crippen LogP) is 1.20. The van der Waals surface area contributed by atoms with E-state index in [0.29, 0.717) is 18.7 Å². The highest BCUT2D eigenvalue weighted by Gasteiger charge is 2.32. The Morgan fingerprint density at radius 2 is 2.05 bits per heavy atom. The van der Waals surface area contributed by atoms with E-state index in [1.807, 2.05) is 0 Å². The Morgan fingerprint density at radius 3 is 2.63 bits per heavy atom. The first-order chi connectivity index (χ1) is 8.47. The third kappa shape index (κ3) is 3.62. The van der Waals surface area contributed by atoms with Crippen LogP contribution in [-0.4, -0.2) is 41.7 Å². The lowest BCUT2D eigenvalue weighted by Crippen LogP contribution is -2.31. The van der Waals surface area contributed by atoms with Crippen LogP contribution in [0.4, 0.5) is 8.78 Å². The van der Waals surface area contributed by atoms with Crippen LogP contribution in [-0.2, 0) is 4.79 Å². The summed E-state index contributed by atoms with van der Waals surface area (Å²) in [6.45, 7) is 0.794. The van der Waals surface area contributed by atoms with E-state index in [1.165, 1.54) is 6.07 Å². The van der Waals surface area contributed by atoms with Crippen molar-refractivity contribution in [3.8, 4) is 0 Å². The van der Waals surface area contributed by atoms with E-state index >= 15 is 0 Å². The number of nitrogens with zero attached hydrogens (tertiary/aromatic N) is 1. The van der Waals surface area contributed by atoms with Gasteiger partial charge >= 0.3 is 5.97 Å². The fourth-order valence-corrected chi connectivity index (χ4v) is 2.33. The monoisotopic (exact) mass is 292 g/mol. The number of benzene rings is 1. The molecule has 1 fully saturated rings. The zero-order chi connectivity index (χ0) is 13.3. The van der Waals surface area contributed by atoms with Gasteiger partial charge in [0.25, 0.3) is 0 Å². The molecule has 1 aliphatic rings. The first-order valence-electron chi connectivity index (χ1n) is 5.62. The van der Waals surface area contributed by atoms with Gasteiger partial charge in [-0.1, -0.05) is 6.07 Å². The average Bonchev–Trinajstić information content (AvgIpc) is 2.62. The van der Waals surface area contributed by atoms with Crippen molar-refractivity contribution in [2.24, 2.45) is 5.73 Å². The fraction of sp³-hybridized carbons (Fsp3) is 0.417. The highest BCUT2D eigenvalue weighted by atomic mass is 35.5. The van der Waals surface area contributed by atoms with E-state index in [2.05, 4.69) is 0 Å². The number of hydrogen-bond donors (Lipinski definition) is 2. The molecule has 19 heavy (non-hydrogen) atoms. The van der Waals surface area contributed by atoms with Crippen molar-refractivity contribution in [1.29, 1.82) is 0 Å². The van der Waals surface area contributed by atoms with Crippen LogP contribution in [0.15, 0.2) is 18.2 Å². The van der Waals surface area contributed by atoms with Crippen molar-refractivity contribution >= 4 is 18.4 Å². The van der Waals surface area contributed by atoms with Crippen molar-refractivity contribution in [2.75, 3.05) is 19.6 Å². The maximum Gasteiger partial charge on any atom is 0.317 e. The molecule has 7 heteroatoms. The van der Waals surface area contributed by atoms with E-state index in [0.717, 1.165) is 12.1 Å². The third-order valence-electron chi connectivity index (χ3n) is 3.17. The first kappa shape index (κ1) is 15.8. The summed E-state index contributed by atoms with van der Waals surface area (Å²) < 4.78 is 26.0. The second kappa shape index (κ2) is 6.27. The number of carboxylic acids is 1. The average molecular weight is 293 g/mol. The Kier molecular flexibility index (Phi) is 5.22. The van der Waals surface area contributed by atoms with E-state index in [1.54, 1.807) is 4.90 Å². The molecule has 0 amide bonds. The molecule has 0 spiro atoms. The molecule has 1 heterocycles. The Bertz CT molecular complexity index is 473. The van der Waals surface area contributed by atoms with Gasteiger partial charge in [-0.25, -0.2) is 8.78 Å². The molecule has 0 bridgehead atoms. The summed E-state index contributed by atoms with van der Waals surface area (Å²) in [7, 11) is 0. The lowest BCUT2D eigenvalue weighted by Gasteiger charge is -2.15. The van der Waals surface area contributed by atoms with Crippen LogP contribution in [0, 0.1) is 11.6 Å². The van der Waals surface area contributed by atoms with Gasteiger partial charge in [-0.15, -0.1) is 12.4 Å². The molecular formula is C12H15ClF2N2O2. The Hall–Kier alpha value is -1.24. The largest absolute Gasteiger partial charge is 0.480 e. The van der Waals surface area contributed by atoms with Crippen LogP contribution in [0.3, 0.4) is 0 Å². The summed E-state index contributed by atoms with van der Waals surface area (Å²) >= 11 is 0. The van der Waals surface area contributed by atoms with E-state index < -0.39 is 17.6 Å². The fourth-order valence-electron chi connectivity index (χ4n) is 2.33. The number of likely N-dealkylation sites (tertiary alicyclic amines) is 1. The molecule has 0 radical (unpaired) electrons. The quantitative estimate of drug-likeness (QED) is 0.878. The van der Waals surface area contributed by atoms with Gasteiger partial charge in [0, 0.05) is 25.0 Å². The second-order valence-electron chi connectivity index (χ2n) is 4.53. The summed E-state index contributed by atoms with van der Waals surface area (Å²) in [6, 6.07) is 3.42. The molecule has 2 atom stereocenters. The Morgan fingerprint density at radius 1 is 1.37 bits per heavy atom. The minimum Gasteiger partial charge on any atom is -0.480 e. The predicted molar refractivity (Wildman–Crippen MR) is 68.4 cm³/mol. The number of nitrogens with two attached hydrogens (primary N) is 1. The summed E-state index contributed by atoms with van der Waals surface area (Å²) in [5.74, 6) is -2.89. The molecule has 0 unspecified atom stereocenters. The molecule has 106 valence electrons. The SMILES string of the molecule is Cl.N[C@@H]1CN(CC(=O)O)C[C@H]1c1ccc(F)c(F)c1.